The molecule has 0 N–H and O–H groups in total. The van der Waals surface area contributed by atoms with E-state index in [2.05, 4.69) is 18.8 Å². The number of thiazole rings is 1. The van der Waals surface area contributed by atoms with Crippen molar-refractivity contribution in [2.24, 2.45) is 11.8 Å². The van der Waals surface area contributed by atoms with Gasteiger partial charge in [0.2, 0.25) is 5.91 Å². The Balaban J connectivity index is 1.98. The number of hydrogen-bond acceptors (Lipinski definition) is 3. The van der Waals surface area contributed by atoms with Gasteiger partial charge in [0, 0.05) is 24.0 Å². The van der Waals surface area contributed by atoms with E-state index in [1.54, 1.807) is 6.20 Å². The third-order valence-corrected chi connectivity index (χ3v) is 4.16. The van der Waals surface area contributed by atoms with Gasteiger partial charge in [0.05, 0.1) is 6.54 Å². The Labute approximate surface area is 104 Å². The number of hydrogen-bond donors (Lipinski definition) is 0. The molecule has 1 aliphatic rings. The SMILES string of the molecule is CC(C)C1CC(=O)N(Cc2cnc(Cl)s2)C1. The van der Waals surface area contributed by atoms with Crippen LogP contribution in [-0.4, -0.2) is 22.3 Å². The lowest BCUT2D eigenvalue weighted by molar-refractivity contribution is -0.128. The van der Waals surface area contributed by atoms with E-state index in [0.717, 1.165) is 11.4 Å². The number of carbonyl (C=O) groups is 1. The Morgan fingerprint density at radius 2 is 2.44 bits per heavy atom. The zero-order chi connectivity index (χ0) is 11.7. The minimum Gasteiger partial charge on any atom is -0.337 e. The van der Waals surface area contributed by atoms with Crippen molar-refractivity contribution in [1.82, 2.24) is 9.88 Å². The molecule has 88 valence electrons. The molecule has 0 spiro atoms. The molecule has 0 radical (unpaired) electrons. The molecule has 0 aliphatic carbocycles. The normalized spacial score (nSPS) is 21.1. The Bertz CT molecular complexity index is 391. The first-order valence-electron chi connectivity index (χ1n) is 5.44. The maximum Gasteiger partial charge on any atom is 0.223 e. The van der Waals surface area contributed by atoms with Crippen molar-refractivity contribution in [1.29, 1.82) is 0 Å². The molecule has 5 heteroatoms. The second-order valence-corrected chi connectivity index (χ2v) is 6.26. The first kappa shape index (κ1) is 11.9. The lowest BCUT2D eigenvalue weighted by Gasteiger charge is -2.16. The molecule has 2 heterocycles. The molecule has 1 aromatic rings. The van der Waals surface area contributed by atoms with E-state index in [1.165, 1.54) is 11.3 Å². The van der Waals surface area contributed by atoms with Crippen molar-refractivity contribution in [3.63, 3.8) is 0 Å². The Morgan fingerprint density at radius 1 is 1.69 bits per heavy atom. The van der Waals surface area contributed by atoms with E-state index in [9.17, 15) is 4.79 Å². The highest BCUT2D eigenvalue weighted by Crippen LogP contribution is 2.27. The van der Waals surface area contributed by atoms with Crippen molar-refractivity contribution < 1.29 is 4.79 Å². The zero-order valence-corrected chi connectivity index (χ0v) is 11.0. The van der Waals surface area contributed by atoms with Crippen molar-refractivity contribution in [3.05, 3.63) is 15.5 Å². The van der Waals surface area contributed by atoms with Gasteiger partial charge in [-0.15, -0.1) is 11.3 Å². The molecule has 16 heavy (non-hydrogen) atoms. The molecule has 1 fully saturated rings. The molecule has 1 amide bonds. The van der Waals surface area contributed by atoms with Crippen LogP contribution in [0.5, 0.6) is 0 Å². The lowest BCUT2D eigenvalue weighted by Crippen LogP contribution is -2.24. The summed E-state index contributed by atoms with van der Waals surface area (Å²) in [6, 6.07) is 0. The maximum absolute atomic E-state index is 11.8. The predicted molar refractivity (Wildman–Crippen MR) is 65.5 cm³/mol. The highest BCUT2D eigenvalue weighted by molar-refractivity contribution is 7.15. The summed E-state index contributed by atoms with van der Waals surface area (Å²) in [5.41, 5.74) is 0. The number of aromatic nitrogens is 1. The molecular formula is C11H15ClN2OS. The largest absolute Gasteiger partial charge is 0.337 e. The van der Waals surface area contributed by atoms with Crippen LogP contribution in [-0.2, 0) is 11.3 Å². The van der Waals surface area contributed by atoms with E-state index >= 15 is 0 Å². The summed E-state index contributed by atoms with van der Waals surface area (Å²) in [5.74, 6) is 1.32. The molecule has 1 aliphatic heterocycles. The summed E-state index contributed by atoms with van der Waals surface area (Å²) in [7, 11) is 0. The van der Waals surface area contributed by atoms with E-state index in [0.29, 0.717) is 29.3 Å². The fourth-order valence-corrected chi connectivity index (χ4v) is 2.94. The minimum atomic E-state index is 0.253. The average molecular weight is 259 g/mol. The van der Waals surface area contributed by atoms with Crippen LogP contribution in [0.3, 0.4) is 0 Å². The van der Waals surface area contributed by atoms with Crippen molar-refractivity contribution in [3.8, 4) is 0 Å². The summed E-state index contributed by atoms with van der Waals surface area (Å²) >= 11 is 7.21. The van der Waals surface area contributed by atoms with Crippen LogP contribution in [0, 0.1) is 11.8 Å². The molecule has 1 atom stereocenters. The van der Waals surface area contributed by atoms with Crippen molar-refractivity contribution >= 4 is 28.8 Å². The van der Waals surface area contributed by atoms with Crippen LogP contribution in [0.15, 0.2) is 6.20 Å². The summed E-state index contributed by atoms with van der Waals surface area (Å²) in [6.07, 6.45) is 2.44. The van der Waals surface area contributed by atoms with Gasteiger partial charge in [0.25, 0.3) is 0 Å². The molecule has 0 bridgehead atoms. The molecule has 2 rings (SSSR count). The Hall–Kier alpha value is -0.610. The first-order chi connectivity index (χ1) is 7.56. The molecule has 0 aromatic carbocycles. The third kappa shape index (κ3) is 2.55. The number of rotatable bonds is 3. The van der Waals surface area contributed by atoms with Gasteiger partial charge in [0.1, 0.15) is 0 Å². The number of nitrogens with zero attached hydrogens (tertiary/aromatic N) is 2. The Kier molecular flexibility index (Phi) is 3.50. The quantitative estimate of drug-likeness (QED) is 0.835. The van der Waals surface area contributed by atoms with E-state index < -0.39 is 0 Å². The number of likely N-dealkylation sites (tertiary alicyclic amines) is 1. The smallest absolute Gasteiger partial charge is 0.223 e. The van der Waals surface area contributed by atoms with Gasteiger partial charge in [-0.2, -0.15) is 0 Å². The topological polar surface area (TPSA) is 33.2 Å². The minimum absolute atomic E-state index is 0.253. The molecule has 3 nitrogen and oxygen atoms in total. The fraction of sp³-hybridized carbons (Fsp3) is 0.636. The first-order valence-corrected chi connectivity index (χ1v) is 6.63. The second kappa shape index (κ2) is 4.72. The van der Waals surface area contributed by atoms with Crippen molar-refractivity contribution in [2.75, 3.05) is 6.54 Å². The van der Waals surface area contributed by atoms with Crippen LogP contribution in [0.2, 0.25) is 4.47 Å². The van der Waals surface area contributed by atoms with Crippen LogP contribution in [0.1, 0.15) is 25.1 Å². The van der Waals surface area contributed by atoms with Crippen LogP contribution >= 0.6 is 22.9 Å². The molecule has 0 saturated carbocycles. The highest BCUT2D eigenvalue weighted by Gasteiger charge is 2.31. The zero-order valence-electron chi connectivity index (χ0n) is 9.44. The summed E-state index contributed by atoms with van der Waals surface area (Å²) < 4.78 is 0.544. The van der Waals surface area contributed by atoms with Gasteiger partial charge >= 0.3 is 0 Å². The van der Waals surface area contributed by atoms with Crippen LogP contribution in [0.4, 0.5) is 0 Å². The second-order valence-electron chi connectivity index (χ2n) is 4.56. The van der Waals surface area contributed by atoms with Gasteiger partial charge in [-0.3, -0.25) is 4.79 Å². The summed E-state index contributed by atoms with van der Waals surface area (Å²) in [6.45, 7) is 5.87. The summed E-state index contributed by atoms with van der Waals surface area (Å²) in [5, 5.41) is 0. The van der Waals surface area contributed by atoms with Gasteiger partial charge in [-0.25, -0.2) is 4.98 Å². The average Bonchev–Trinajstić information content (AvgIpc) is 2.75. The molecule has 1 saturated heterocycles. The summed E-state index contributed by atoms with van der Waals surface area (Å²) in [4.78, 5) is 18.7. The molecule has 1 unspecified atom stereocenters. The van der Waals surface area contributed by atoms with Crippen molar-refractivity contribution in [2.45, 2.75) is 26.8 Å². The molecule has 1 aromatic heterocycles. The number of halogens is 1. The van der Waals surface area contributed by atoms with Gasteiger partial charge in [-0.05, 0) is 11.8 Å². The van der Waals surface area contributed by atoms with Gasteiger partial charge in [0.15, 0.2) is 4.47 Å². The Morgan fingerprint density at radius 3 is 2.94 bits per heavy atom. The van der Waals surface area contributed by atoms with Gasteiger partial charge < -0.3 is 4.90 Å². The highest BCUT2D eigenvalue weighted by atomic mass is 35.5. The molecular weight excluding hydrogens is 244 g/mol. The standard InChI is InChI=1S/C11H15ClN2OS/c1-7(2)8-3-10(15)14(5-8)6-9-4-13-11(12)16-9/h4,7-8H,3,5-6H2,1-2H3. The maximum atomic E-state index is 11.8. The lowest BCUT2D eigenvalue weighted by atomic mass is 9.95. The predicted octanol–water partition coefficient (Wildman–Crippen LogP) is 2.80. The number of carbonyl (C=O) groups excluding carboxylic acids is 1. The van der Waals surface area contributed by atoms with E-state index in [-0.39, 0.29) is 5.91 Å². The van der Waals surface area contributed by atoms with Crippen LogP contribution < -0.4 is 0 Å². The van der Waals surface area contributed by atoms with E-state index in [1.807, 2.05) is 4.90 Å². The number of amides is 1. The van der Waals surface area contributed by atoms with Gasteiger partial charge in [-0.1, -0.05) is 25.4 Å². The third-order valence-electron chi connectivity index (χ3n) is 3.06. The van der Waals surface area contributed by atoms with E-state index in [4.69, 9.17) is 11.6 Å². The van der Waals surface area contributed by atoms with Crippen LogP contribution in [0.25, 0.3) is 0 Å². The fourth-order valence-electron chi connectivity index (χ4n) is 1.95. The monoisotopic (exact) mass is 258 g/mol.